The average molecular weight is 352 g/mol. The highest BCUT2D eigenvalue weighted by Crippen LogP contribution is 2.11. The van der Waals surface area contributed by atoms with E-state index in [0.717, 1.165) is 13.0 Å². The fourth-order valence-corrected chi connectivity index (χ4v) is 3.46. The van der Waals surface area contributed by atoms with Gasteiger partial charge >= 0.3 is 0 Å². The van der Waals surface area contributed by atoms with Crippen molar-refractivity contribution in [2.24, 2.45) is 0 Å². The Hall–Kier alpha value is -2.73. The van der Waals surface area contributed by atoms with E-state index in [1.165, 1.54) is 17.8 Å². The molecule has 2 aromatic heterocycles. The minimum absolute atomic E-state index is 0.0634. The standard InChI is InChI=1S/C20H21FN4O/c21-16-6-7-19-23-18(14-25(19)12-16)11-20(26)24-9-8-22-17(13-24)10-15-4-2-1-3-5-15/h1-7,12,14,17,22H,8-11,13H2. The molecule has 1 fully saturated rings. The maximum atomic E-state index is 13.3. The van der Waals surface area contributed by atoms with Crippen LogP contribution in [0.4, 0.5) is 4.39 Å². The average Bonchev–Trinajstić information content (AvgIpc) is 3.04. The first kappa shape index (κ1) is 16.7. The summed E-state index contributed by atoms with van der Waals surface area (Å²) in [5.74, 6) is -0.257. The number of imidazole rings is 1. The SMILES string of the molecule is O=C(Cc1cn2cc(F)ccc2n1)N1CCNC(Cc2ccccc2)C1. The summed E-state index contributed by atoms with van der Waals surface area (Å²) in [4.78, 5) is 19.0. The van der Waals surface area contributed by atoms with E-state index in [4.69, 9.17) is 0 Å². The molecule has 0 radical (unpaired) electrons. The number of rotatable bonds is 4. The van der Waals surface area contributed by atoms with Gasteiger partial charge in [-0.15, -0.1) is 0 Å². The van der Waals surface area contributed by atoms with E-state index in [2.05, 4.69) is 22.4 Å². The number of pyridine rings is 1. The molecule has 1 aromatic carbocycles. The molecular formula is C20H21FN4O. The number of benzene rings is 1. The summed E-state index contributed by atoms with van der Waals surface area (Å²) in [5.41, 5.74) is 2.58. The highest BCUT2D eigenvalue weighted by atomic mass is 19.1. The van der Waals surface area contributed by atoms with Gasteiger partial charge in [0.25, 0.3) is 0 Å². The van der Waals surface area contributed by atoms with E-state index in [1.807, 2.05) is 23.1 Å². The maximum Gasteiger partial charge on any atom is 0.228 e. The lowest BCUT2D eigenvalue weighted by molar-refractivity contribution is -0.131. The van der Waals surface area contributed by atoms with Gasteiger partial charge in [0.1, 0.15) is 11.5 Å². The van der Waals surface area contributed by atoms with E-state index in [9.17, 15) is 9.18 Å². The second-order valence-corrected chi connectivity index (χ2v) is 6.70. The predicted octanol–water partition coefficient (Wildman–Crippen LogP) is 2.06. The number of aromatic nitrogens is 2. The number of carbonyl (C=O) groups excluding carboxylic acids is 1. The molecule has 1 saturated heterocycles. The number of amides is 1. The Morgan fingerprint density at radius 3 is 2.88 bits per heavy atom. The summed E-state index contributed by atoms with van der Waals surface area (Å²) >= 11 is 0. The molecule has 3 heterocycles. The zero-order valence-electron chi connectivity index (χ0n) is 14.4. The Kier molecular flexibility index (Phi) is 4.67. The number of hydrogen-bond acceptors (Lipinski definition) is 3. The molecule has 6 heteroatoms. The van der Waals surface area contributed by atoms with Crippen LogP contribution in [0.25, 0.3) is 5.65 Å². The van der Waals surface area contributed by atoms with E-state index in [1.54, 1.807) is 16.7 Å². The van der Waals surface area contributed by atoms with Crippen LogP contribution in [0.3, 0.4) is 0 Å². The molecule has 0 bridgehead atoms. The van der Waals surface area contributed by atoms with E-state index < -0.39 is 0 Å². The Balaban J connectivity index is 1.40. The normalized spacial score (nSPS) is 17.6. The van der Waals surface area contributed by atoms with Crippen LogP contribution < -0.4 is 5.32 Å². The molecule has 1 unspecified atom stereocenters. The number of hydrogen-bond donors (Lipinski definition) is 1. The minimum Gasteiger partial charge on any atom is -0.340 e. The molecule has 26 heavy (non-hydrogen) atoms. The van der Waals surface area contributed by atoms with Gasteiger partial charge < -0.3 is 14.6 Å². The zero-order valence-corrected chi connectivity index (χ0v) is 14.4. The van der Waals surface area contributed by atoms with Gasteiger partial charge in [-0.3, -0.25) is 4.79 Å². The molecule has 0 saturated carbocycles. The number of nitrogens with one attached hydrogen (secondary N) is 1. The third-order valence-electron chi connectivity index (χ3n) is 4.73. The van der Waals surface area contributed by atoms with Crippen molar-refractivity contribution in [3.63, 3.8) is 0 Å². The molecule has 1 amide bonds. The fraction of sp³-hybridized carbons (Fsp3) is 0.300. The van der Waals surface area contributed by atoms with Gasteiger partial charge in [-0.2, -0.15) is 0 Å². The molecule has 1 aliphatic heterocycles. The van der Waals surface area contributed by atoms with Crippen molar-refractivity contribution in [3.05, 3.63) is 71.9 Å². The molecule has 1 atom stereocenters. The first-order valence-corrected chi connectivity index (χ1v) is 8.85. The third kappa shape index (κ3) is 3.75. The van der Waals surface area contributed by atoms with Gasteiger partial charge in [0.05, 0.1) is 12.1 Å². The van der Waals surface area contributed by atoms with Crippen molar-refractivity contribution >= 4 is 11.6 Å². The third-order valence-corrected chi connectivity index (χ3v) is 4.73. The highest BCUT2D eigenvalue weighted by molar-refractivity contribution is 5.78. The number of nitrogens with zero attached hydrogens (tertiary/aromatic N) is 3. The molecule has 5 nitrogen and oxygen atoms in total. The smallest absolute Gasteiger partial charge is 0.228 e. The van der Waals surface area contributed by atoms with Crippen molar-refractivity contribution in [1.29, 1.82) is 0 Å². The zero-order chi connectivity index (χ0) is 17.9. The van der Waals surface area contributed by atoms with Gasteiger partial charge in [-0.1, -0.05) is 30.3 Å². The second kappa shape index (κ2) is 7.25. The molecule has 1 aliphatic rings. The first-order valence-electron chi connectivity index (χ1n) is 8.85. The second-order valence-electron chi connectivity index (χ2n) is 6.70. The first-order chi connectivity index (χ1) is 12.7. The summed E-state index contributed by atoms with van der Waals surface area (Å²) in [6.45, 7) is 2.18. The molecule has 1 N–H and O–H groups in total. The Bertz CT molecular complexity index is 909. The summed E-state index contributed by atoms with van der Waals surface area (Å²) < 4.78 is 14.9. The van der Waals surface area contributed by atoms with Crippen LogP contribution in [0, 0.1) is 5.82 Å². The van der Waals surface area contributed by atoms with Gasteiger partial charge in [0, 0.05) is 38.1 Å². The van der Waals surface area contributed by atoms with Crippen LogP contribution in [-0.4, -0.2) is 45.9 Å². The Labute approximate surface area is 151 Å². The summed E-state index contributed by atoms with van der Waals surface area (Å²) in [5, 5.41) is 3.49. The quantitative estimate of drug-likeness (QED) is 0.782. The van der Waals surface area contributed by atoms with Gasteiger partial charge in [0.2, 0.25) is 5.91 Å². The summed E-state index contributed by atoms with van der Waals surface area (Å²) in [6, 6.07) is 13.5. The molecule has 0 aliphatic carbocycles. The number of carbonyl (C=O) groups is 1. The van der Waals surface area contributed by atoms with Crippen LogP contribution in [0.2, 0.25) is 0 Å². The monoisotopic (exact) mass is 352 g/mol. The number of halogens is 1. The fourth-order valence-electron chi connectivity index (χ4n) is 3.46. The van der Waals surface area contributed by atoms with Crippen molar-refractivity contribution in [1.82, 2.24) is 19.6 Å². The van der Waals surface area contributed by atoms with Gasteiger partial charge in [-0.05, 0) is 24.1 Å². The van der Waals surface area contributed by atoms with E-state index in [-0.39, 0.29) is 24.2 Å². The summed E-state index contributed by atoms with van der Waals surface area (Å²) in [7, 11) is 0. The molecule has 134 valence electrons. The minimum atomic E-state index is -0.321. The van der Waals surface area contributed by atoms with Crippen molar-refractivity contribution in [2.75, 3.05) is 19.6 Å². The van der Waals surface area contributed by atoms with Crippen molar-refractivity contribution < 1.29 is 9.18 Å². The Morgan fingerprint density at radius 1 is 1.19 bits per heavy atom. The molecule has 4 rings (SSSR count). The van der Waals surface area contributed by atoms with Crippen molar-refractivity contribution in [3.8, 4) is 0 Å². The molecule has 3 aromatic rings. The lowest BCUT2D eigenvalue weighted by Crippen LogP contribution is -2.53. The van der Waals surface area contributed by atoms with Gasteiger partial charge in [0.15, 0.2) is 0 Å². The largest absolute Gasteiger partial charge is 0.340 e. The van der Waals surface area contributed by atoms with Crippen LogP contribution in [0.5, 0.6) is 0 Å². The lowest BCUT2D eigenvalue weighted by atomic mass is 10.0. The van der Waals surface area contributed by atoms with Gasteiger partial charge in [-0.25, -0.2) is 9.37 Å². The van der Waals surface area contributed by atoms with Crippen LogP contribution in [-0.2, 0) is 17.6 Å². The van der Waals surface area contributed by atoms with Crippen molar-refractivity contribution in [2.45, 2.75) is 18.9 Å². The highest BCUT2D eigenvalue weighted by Gasteiger charge is 2.24. The maximum absolute atomic E-state index is 13.3. The Morgan fingerprint density at radius 2 is 2.04 bits per heavy atom. The predicted molar refractivity (Wildman–Crippen MR) is 97.4 cm³/mol. The number of fused-ring (bicyclic) bond motifs is 1. The molecule has 0 spiro atoms. The van der Waals surface area contributed by atoms with E-state index in [0.29, 0.717) is 24.4 Å². The molecular weight excluding hydrogens is 331 g/mol. The van der Waals surface area contributed by atoms with Crippen LogP contribution in [0.1, 0.15) is 11.3 Å². The summed E-state index contributed by atoms with van der Waals surface area (Å²) in [6.07, 6.45) is 4.23. The topological polar surface area (TPSA) is 49.6 Å². The van der Waals surface area contributed by atoms with Crippen LogP contribution >= 0.6 is 0 Å². The lowest BCUT2D eigenvalue weighted by Gasteiger charge is -2.34. The van der Waals surface area contributed by atoms with E-state index >= 15 is 0 Å². The number of piperazine rings is 1. The van der Waals surface area contributed by atoms with Crippen LogP contribution in [0.15, 0.2) is 54.9 Å².